The van der Waals surface area contributed by atoms with Crippen LogP contribution in [-0.2, 0) is 0 Å². The van der Waals surface area contributed by atoms with Crippen LogP contribution in [0.5, 0.6) is 0 Å². The molecule has 3 aromatic heterocycles. The molecule has 3 aromatic rings. The molecular weight excluding hydrogens is 318 g/mol. The normalized spacial score (nSPS) is 15.6. The highest BCUT2D eigenvalue weighted by Crippen LogP contribution is 2.33. The Hall–Kier alpha value is -2.34. The molecule has 0 radical (unpaired) electrons. The van der Waals surface area contributed by atoms with Gasteiger partial charge in [-0.2, -0.15) is 0 Å². The molecule has 24 heavy (non-hydrogen) atoms. The fourth-order valence-corrected chi connectivity index (χ4v) is 4.05. The van der Waals surface area contributed by atoms with Crippen molar-refractivity contribution in [3.05, 3.63) is 52.9 Å². The van der Waals surface area contributed by atoms with Crippen LogP contribution in [0.25, 0.3) is 11.3 Å². The minimum atomic E-state index is 0.534. The maximum atomic E-state index is 4.86. The Morgan fingerprint density at radius 1 is 1.04 bits per heavy atom. The van der Waals surface area contributed by atoms with Crippen molar-refractivity contribution in [1.29, 1.82) is 0 Å². The van der Waals surface area contributed by atoms with Gasteiger partial charge in [0, 0.05) is 54.2 Å². The Morgan fingerprint density at radius 3 is 2.58 bits per heavy atom. The number of aryl methyl sites for hydroxylation is 1. The van der Waals surface area contributed by atoms with Gasteiger partial charge in [-0.25, -0.2) is 15.0 Å². The Labute approximate surface area is 145 Å². The lowest BCUT2D eigenvalue weighted by molar-refractivity contribution is 0.497. The van der Waals surface area contributed by atoms with E-state index in [-0.39, 0.29) is 0 Å². The van der Waals surface area contributed by atoms with E-state index < -0.39 is 0 Å². The third kappa shape index (κ3) is 3.14. The summed E-state index contributed by atoms with van der Waals surface area (Å²) in [6.07, 6.45) is 7.66. The molecule has 1 saturated heterocycles. The van der Waals surface area contributed by atoms with Gasteiger partial charge in [0.1, 0.15) is 0 Å². The molecule has 0 atom stereocenters. The number of hydrogen-bond acceptors (Lipinski definition) is 6. The van der Waals surface area contributed by atoms with E-state index >= 15 is 0 Å². The number of anilines is 1. The molecule has 0 aromatic carbocycles. The van der Waals surface area contributed by atoms with E-state index in [4.69, 9.17) is 4.98 Å². The molecule has 1 fully saturated rings. The summed E-state index contributed by atoms with van der Waals surface area (Å²) in [5.41, 5.74) is 3.21. The summed E-state index contributed by atoms with van der Waals surface area (Å²) < 4.78 is 0. The molecule has 4 rings (SSSR count). The van der Waals surface area contributed by atoms with Crippen molar-refractivity contribution < 1.29 is 0 Å². The van der Waals surface area contributed by atoms with Crippen LogP contribution in [0.3, 0.4) is 0 Å². The number of nitrogens with zero attached hydrogens (tertiary/aromatic N) is 5. The summed E-state index contributed by atoms with van der Waals surface area (Å²) in [6, 6.07) is 5.96. The largest absolute Gasteiger partial charge is 0.341 e. The summed E-state index contributed by atoms with van der Waals surface area (Å²) in [7, 11) is 0. The van der Waals surface area contributed by atoms with Crippen molar-refractivity contribution >= 4 is 17.3 Å². The summed E-state index contributed by atoms with van der Waals surface area (Å²) in [5.74, 6) is 1.39. The van der Waals surface area contributed by atoms with Crippen molar-refractivity contribution in [2.75, 3.05) is 18.0 Å². The average molecular weight is 337 g/mol. The highest BCUT2D eigenvalue weighted by atomic mass is 32.1. The van der Waals surface area contributed by atoms with Crippen LogP contribution in [0.4, 0.5) is 5.95 Å². The zero-order valence-corrected chi connectivity index (χ0v) is 14.4. The third-order valence-electron chi connectivity index (χ3n) is 4.41. The zero-order valence-electron chi connectivity index (χ0n) is 13.6. The topological polar surface area (TPSA) is 54.8 Å². The monoisotopic (exact) mass is 337 g/mol. The second-order valence-electron chi connectivity index (χ2n) is 6.07. The van der Waals surface area contributed by atoms with Crippen LogP contribution in [0, 0.1) is 6.92 Å². The van der Waals surface area contributed by atoms with Gasteiger partial charge in [0.25, 0.3) is 0 Å². The van der Waals surface area contributed by atoms with Gasteiger partial charge in [0.05, 0.1) is 10.7 Å². The molecule has 0 N–H and O–H groups in total. The second-order valence-corrected chi connectivity index (χ2v) is 6.96. The maximum absolute atomic E-state index is 4.86. The van der Waals surface area contributed by atoms with Gasteiger partial charge in [-0.05, 0) is 38.0 Å². The van der Waals surface area contributed by atoms with E-state index in [0.717, 1.165) is 48.8 Å². The molecule has 0 saturated carbocycles. The second kappa shape index (κ2) is 6.65. The van der Waals surface area contributed by atoms with E-state index in [1.807, 2.05) is 43.7 Å². The molecule has 1 aliphatic rings. The number of piperidine rings is 1. The Morgan fingerprint density at radius 2 is 1.83 bits per heavy atom. The number of hydrogen-bond donors (Lipinski definition) is 0. The molecule has 1 aliphatic heterocycles. The van der Waals surface area contributed by atoms with Gasteiger partial charge < -0.3 is 4.90 Å². The molecule has 0 amide bonds. The first-order valence-corrected chi connectivity index (χ1v) is 9.08. The van der Waals surface area contributed by atoms with Crippen LogP contribution in [0.2, 0.25) is 0 Å². The Bertz CT molecular complexity index is 809. The highest BCUT2D eigenvalue weighted by Gasteiger charge is 2.24. The fraction of sp³-hybridized carbons (Fsp3) is 0.333. The lowest BCUT2D eigenvalue weighted by Gasteiger charge is -2.31. The van der Waals surface area contributed by atoms with Crippen molar-refractivity contribution in [3.63, 3.8) is 0 Å². The van der Waals surface area contributed by atoms with Crippen molar-refractivity contribution in [3.8, 4) is 11.3 Å². The van der Waals surface area contributed by atoms with Gasteiger partial charge in [0.2, 0.25) is 5.95 Å². The first-order chi connectivity index (χ1) is 11.8. The number of rotatable bonds is 3. The van der Waals surface area contributed by atoms with Crippen LogP contribution in [0.15, 0.2) is 42.2 Å². The predicted octanol–water partition coefficient (Wildman–Crippen LogP) is 3.69. The molecular formula is C18H19N5S. The first kappa shape index (κ1) is 15.2. The van der Waals surface area contributed by atoms with Gasteiger partial charge in [0.15, 0.2) is 0 Å². The summed E-state index contributed by atoms with van der Waals surface area (Å²) in [6.45, 7) is 3.98. The highest BCUT2D eigenvalue weighted by molar-refractivity contribution is 7.10. The Kier molecular flexibility index (Phi) is 4.21. The van der Waals surface area contributed by atoms with Gasteiger partial charge in [-0.3, -0.25) is 4.98 Å². The number of thiazole rings is 1. The predicted molar refractivity (Wildman–Crippen MR) is 96.3 cm³/mol. The van der Waals surface area contributed by atoms with Gasteiger partial charge in [-0.15, -0.1) is 11.3 Å². The van der Waals surface area contributed by atoms with E-state index in [0.29, 0.717) is 5.92 Å². The van der Waals surface area contributed by atoms with Crippen LogP contribution < -0.4 is 4.90 Å². The molecule has 0 unspecified atom stereocenters. The van der Waals surface area contributed by atoms with E-state index in [2.05, 4.69) is 25.2 Å². The fourth-order valence-electron chi connectivity index (χ4n) is 3.04. The minimum Gasteiger partial charge on any atom is -0.341 e. The van der Waals surface area contributed by atoms with Gasteiger partial charge in [-0.1, -0.05) is 0 Å². The van der Waals surface area contributed by atoms with E-state index in [1.165, 1.54) is 5.01 Å². The zero-order chi connectivity index (χ0) is 16.4. The Balaban J connectivity index is 1.44. The van der Waals surface area contributed by atoms with Crippen molar-refractivity contribution in [1.82, 2.24) is 19.9 Å². The first-order valence-electron chi connectivity index (χ1n) is 8.20. The van der Waals surface area contributed by atoms with Gasteiger partial charge >= 0.3 is 0 Å². The molecule has 4 heterocycles. The summed E-state index contributed by atoms with van der Waals surface area (Å²) >= 11 is 1.77. The smallest absolute Gasteiger partial charge is 0.225 e. The molecule has 5 nitrogen and oxygen atoms in total. The van der Waals surface area contributed by atoms with E-state index in [9.17, 15) is 0 Å². The molecule has 0 bridgehead atoms. The molecule has 122 valence electrons. The van der Waals surface area contributed by atoms with Crippen LogP contribution >= 0.6 is 11.3 Å². The quantitative estimate of drug-likeness (QED) is 0.729. The lowest BCUT2D eigenvalue weighted by atomic mass is 9.98. The molecule has 0 aliphatic carbocycles. The van der Waals surface area contributed by atoms with E-state index in [1.54, 1.807) is 11.3 Å². The summed E-state index contributed by atoms with van der Waals surface area (Å²) in [4.78, 5) is 20.1. The van der Waals surface area contributed by atoms with Crippen LogP contribution in [-0.4, -0.2) is 33.0 Å². The molecule has 0 spiro atoms. The van der Waals surface area contributed by atoms with Crippen molar-refractivity contribution in [2.24, 2.45) is 0 Å². The number of aromatic nitrogens is 4. The molecule has 6 heteroatoms. The summed E-state index contributed by atoms with van der Waals surface area (Å²) in [5, 5.41) is 3.40. The standard InChI is InChI=1S/C18H19N5S/c1-13-2-9-20-18(21-13)23-10-5-15(6-11-23)17-22-16(12-24-17)14-3-7-19-8-4-14/h2-4,7-9,12,15H,5-6,10-11H2,1H3. The minimum absolute atomic E-state index is 0.534. The lowest BCUT2D eigenvalue weighted by Crippen LogP contribution is -2.34. The average Bonchev–Trinajstić information content (AvgIpc) is 3.13. The number of pyridine rings is 1. The van der Waals surface area contributed by atoms with Crippen molar-refractivity contribution in [2.45, 2.75) is 25.7 Å². The third-order valence-corrected chi connectivity index (χ3v) is 5.41. The maximum Gasteiger partial charge on any atom is 0.225 e. The van der Waals surface area contributed by atoms with Crippen LogP contribution in [0.1, 0.15) is 29.5 Å². The SMILES string of the molecule is Cc1ccnc(N2CCC(c3nc(-c4ccncc4)cs3)CC2)n1.